The summed E-state index contributed by atoms with van der Waals surface area (Å²) in [5.74, 6) is 0.609. The van der Waals surface area contributed by atoms with Crippen LogP contribution in [0.15, 0.2) is 5.38 Å². The SMILES string of the molecule is CC(=O)Nc1nc(CN2CC(N3CCCC3)CC2C(C)C)cs1. The summed E-state index contributed by atoms with van der Waals surface area (Å²) in [6.45, 7) is 10.8. The minimum atomic E-state index is -0.0544. The number of likely N-dealkylation sites (tertiary alicyclic amines) is 2. The summed E-state index contributed by atoms with van der Waals surface area (Å²) in [5, 5.41) is 5.57. The summed E-state index contributed by atoms with van der Waals surface area (Å²) in [6.07, 6.45) is 3.99. The highest BCUT2D eigenvalue weighted by atomic mass is 32.1. The first-order valence-electron chi connectivity index (χ1n) is 8.73. The van der Waals surface area contributed by atoms with Gasteiger partial charge >= 0.3 is 0 Å². The Hall–Kier alpha value is -0.980. The molecule has 2 saturated heterocycles. The zero-order valence-corrected chi connectivity index (χ0v) is 15.2. The van der Waals surface area contributed by atoms with Crippen LogP contribution in [0.2, 0.25) is 0 Å². The molecule has 0 aromatic carbocycles. The van der Waals surface area contributed by atoms with Gasteiger partial charge < -0.3 is 5.32 Å². The zero-order valence-electron chi connectivity index (χ0n) is 14.4. The fourth-order valence-corrected chi connectivity index (χ4v) is 4.70. The molecule has 2 aliphatic heterocycles. The van der Waals surface area contributed by atoms with Gasteiger partial charge in [0.25, 0.3) is 0 Å². The average molecular weight is 337 g/mol. The first kappa shape index (κ1) is 16.9. The van der Waals surface area contributed by atoms with Gasteiger partial charge in [-0.05, 0) is 38.3 Å². The van der Waals surface area contributed by atoms with Gasteiger partial charge in [-0.3, -0.25) is 14.6 Å². The van der Waals surface area contributed by atoms with Crippen molar-refractivity contribution < 1.29 is 4.79 Å². The van der Waals surface area contributed by atoms with Gasteiger partial charge in [0.05, 0.1) is 5.69 Å². The van der Waals surface area contributed by atoms with E-state index in [4.69, 9.17) is 0 Å². The molecule has 0 spiro atoms. The van der Waals surface area contributed by atoms with Crippen molar-refractivity contribution in [1.29, 1.82) is 0 Å². The molecule has 6 heteroatoms. The molecule has 2 fully saturated rings. The van der Waals surface area contributed by atoms with Crippen LogP contribution in [-0.4, -0.2) is 52.4 Å². The molecular weight excluding hydrogens is 308 g/mol. The van der Waals surface area contributed by atoms with E-state index < -0.39 is 0 Å². The molecule has 3 rings (SSSR count). The standard InChI is InChI=1S/C17H28N4OS/c1-12(2)16-8-15(20-6-4-5-7-20)10-21(16)9-14-11-23-17(19-14)18-13(3)22/h11-12,15-16H,4-10H2,1-3H3,(H,18,19,22). The van der Waals surface area contributed by atoms with E-state index in [9.17, 15) is 4.79 Å². The number of nitrogens with one attached hydrogen (secondary N) is 1. The molecule has 5 nitrogen and oxygen atoms in total. The zero-order chi connectivity index (χ0) is 16.4. The lowest BCUT2D eigenvalue weighted by Gasteiger charge is -2.26. The van der Waals surface area contributed by atoms with E-state index >= 15 is 0 Å². The van der Waals surface area contributed by atoms with Gasteiger partial charge in [-0.25, -0.2) is 4.98 Å². The van der Waals surface area contributed by atoms with Crippen LogP contribution >= 0.6 is 11.3 Å². The van der Waals surface area contributed by atoms with Crippen LogP contribution in [-0.2, 0) is 11.3 Å². The number of amides is 1. The van der Waals surface area contributed by atoms with E-state index in [2.05, 4.69) is 39.3 Å². The Kier molecular flexibility index (Phi) is 5.34. The number of hydrogen-bond donors (Lipinski definition) is 1. The molecule has 2 atom stereocenters. The molecule has 1 N–H and O–H groups in total. The Morgan fingerprint density at radius 2 is 2.17 bits per heavy atom. The second-order valence-electron chi connectivity index (χ2n) is 7.20. The lowest BCUT2D eigenvalue weighted by molar-refractivity contribution is -0.114. The molecule has 128 valence electrons. The number of thiazole rings is 1. The molecule has 1 amide bonds. The first-order valence-corrected chi connectivity index (χ1v) is 9.61. The third kappa shape index (κ3) is 4.11. The van der Waals surface area contributed by atoms with E-state index in [1.807, 2.05) is 0 Å². The lowest BCUT2D eigenvalue weighted by atomic mass is 10.00. The number of carbonyl (C=O) groups is 1. The van der Waals surface area contributed by atoms with Gasteiger partial charge in [0, 0.05) is 37.5 Å². The fourth-order valence-electron chi connectivity index (χ4n) is 3.95. The normalized spacial score (nSPS) is 26.3. The van der Waals surface area contributed by atoms with E-state index in [1.54, 1.807) is 0 Å². The van der Waals surface area contributed by atoms with Gasteiger partial charge in [0.1, 0.15) is 0 Å². The molecule has 3 heterocycles. The van der Waals surface area contributed by atoms with Gasteiger partial charge in [0.2, 0.25) is 5.91 Å². The van der Waals surface area contributed by atoms with Crippen molar-refractivity contribution in [3.05, 3.63) is 11.1 Å². The molecule has 2 aliphatic rings. The Morgan fingerprint density at radius 3 is 2.83 bits per heavy atom. The molecular formula is C17H28N4OS. The quantitative estimate of drug-likeness (QED) is 0.898. The third-order valence-corrected chi connectivity index (χ3v) is 5.86. The van der Waals surface area contributed by atoms with Crippen molar-refractivity contribution in [1.82, 2.24) is 14.8 Å². The monoisotopic (exact) mass is 336 g/mol. The molecule has 2 unspecified atom stereocenters. The highest BCUT2D eigenvalue weighted by molar-refractivity contribution is 7.13. The molecule has 23 heavy (non-hydrogen) atoms. The summed E-state index contributed by atoms with van der Waals surface area (Å²) < 4.78 is 0. The van der Waals surface area contributed by atoms with Gasteiger partial charge in [-0.1, -0.05) is 13.8 Å². The minimum absolute atomic E-state index is 0.0544. The van der Waals surface area contributed by atoms with Crippen LogP contribution in [0, 0.1) is 5.92 Å². The van der Waals surface area contributed by atoms with E-state index in [0.29, 0.717) is 23.1 Å². The molecule has 0 saturated carbocycles. The van der Waals surface area contributed by atoms with Crippen molar-refractivity contribution in [3.63, 3.8) is 0 Å². The summed E-state index contributed by atoms with van der Waals surface area (Å²) in [5.41, 5.74) is 1.08. The summed E-state index contributed by atoms with van der Waals surface area (Å²) in [7, 11) is 0. The number of rotatable bonds is 5. The van der Waals surface area contributed by atoms with Crippen molar-refractivity contribution in [2.45, 2.75) is 58.7 Å². The second-order valence-corrected chi connectivity index (χ2v) is 8.06. The highest BCUT2D eigenvalue weighted by Crippen LogP contribution is 2.31. The maximum Gasteiger partial charge on any atom is 0.223 e. The van der Waals surface area contributed by atoms with Gasteiger partial charge in [0.15, 0.2) is 5.13 Å². The molecule has 0 radical (unpaired) electrons. The predicted molar refractivity (Wildman–Crippen MR) is 94.7 cm³/mol. The van der Waals surface area contributed by atoms with Crippen molar-refractivity contribution in [3.8, 4) is 0 Å². The molecule has 0 bridgehead atoms. The van der Waals surface area contributed by atoms with Crippen LogP contribution in [0.4, 0.5) is 5.13 Å². The van der Waals surface area contributed by atoms with Gasteiger partial charge in [-0.2, -0.15) is 0 Å². The lowest BCUT2D eigenvalue weighted by Crippen LogP contribution is -2.35. The van der Waals surface area contributed by atoms with Crippen LogP contribution in [0.5, 0.6) is 0 Å². The Bertz CT molecular complexity index is 538. The third-order valence-electron chi connectivity index (χ3n) is 5.05. The van der Waals surface area contributed by atoms with E-state index in [0.717, 1.165) is 18.8 Å². The van der Waals surface area contributed by atoms with Crippen LogP contribution in [0.3, 0.4) is 0 Å². The highest BCUT2D eigenvalue weighted by Gasteiger charge is 2.37. The predicted octanol–water partition coefficient (Wildman–Crippen LogP) is 2.80. The number of hydrogen-bond acceptors (Lipinski definition) is 5. The number of aromatic nitrogens is 1. The summed E-state index contributed by atoms with van der Waals surface area (Å²) >= 11 is 1.52. The van der Waals surface area contributed by atoms with Gasteiger partial charge in [-0.15, -0.1) is 11.3 Å². The molecule has 0 aliphatic carbocycles. The number of carbonyl (C=O) groups excluding carboxylic acids is 1. The molecule has 1 aromatic rings. The Labute approximate surface area is 143 Å². The number of nitrogens with zero attached hydrogens (tertiary/aromatic N) is 3. The summed E-state index contributed by atoms with van der Waals surface area (Å²) in [6, 6.07) is 1.34. The fraction of sp³-hybridized carbons (Fsp3) is 0.765. The van der Waals surface area contributed by atoms with Crippen molar-refractivity contribution in [2.24, 2.45) is 5.92 Å². The maximum absolute atomic E-state index is 11.1. The van der Waals surface area contributed by atoms with Crippen molar-refractivity contribution in [2.75, 3.05) is 25.0 Å². The Balaban J connectivity index is 1.64. The van der Waals surface area contributed by atoms with Crippen LogP contribution in [0.1, 0.15) is 45.7 Å². The second kappa shape index (κ2) is 7.28. The number of anilines is 1. The first-order chi connectivity index (χ1) is 11.0. The maximum atomic E-state index is 11.1. The van der Waals surface area contributed by atoms with Crippen LogP contribution in [0.25, 0.3) is 0 Å². The Morgan fingerprint density at radius 1 is 1.43 bits per heavy atom. The van der Waals surface area contributed by atoms with Crippen LogP contribution < -0.4 is 5.32 Å². The largest absolute Gasteiger partial charge is 0.302 e. The average Bonchev–Trinajstić information content (AvgIpc) is 3.18. The van der Waals surface area contributed by atoms with E-state index in [1.165, 1.54) is 50.6 Å². The summed E-state index contributed by atoms with van der Waals surface area (Å²) in [4.78, 5) is 21.0. The van der Waals surface area contributed by atoms with Crippen molar-refractivity contribution >= 4 is 22.4 Å². The molecule has 1 aromatic heterocycles. The minimum Gasteiger partial charge on any atom is -0.302 e. The smallest absolute Gasteiger partial charge is 0.223 e. The topological polar surface area (TPSA) is 48.5 Å². The van der Waals surface area contributed by atoms with E-state index in [-0.39, 0.29) is 5.91 Å².